The third-order valence-electron chi connectivity index (χ3n) is 1.42. The SMILES string of the molecule is N#Cc1cc(Cl)c(F)c(C(N)=O)c1. The third kappa shape index (κ3) is 1.76. The van der Waals surface area contributed by atoms with Crippen LogP contribution in [-0.4, -0.2) is 5.91 Å². The van der Waals surface area contributed by atoms with E-state index in [0.29, 0.717) is 0 Å². The fourth-order valence-corrected chi connectivity index (χ4v) is 1.05. The molecule has 0 aromatic heterocycles. The molecule has 2 N–H and O–H groups in total. The largest absolute Gasteiger partial charge is 0.366 e. The van der Waals surface area contributed by atoms with Gasteiger partial charge in [0.2, 0.25) is 0 Å². The average molecular weight is 199 g/mol. The van der Waals surface area contributed by atoms with Gasteiger partial charge >= 0.3 is 0 Å². The van der Waals surface area contributed by atoms with Crippen LogP contribution in [0.4, 0.5) is 4.39 Å². The Kier molecular flexibility index (Phi) is 2.49. The Morgan fingerprint density at radius 3 is 2.69 bits per heavy atom. The summed E-state index contributed by atoms with van der Waals surface area (Å²) >= 11 is 5.41. The minimum atomic E-state index is -0.948. The summed E-state index contributed by atoms with van der Waals surface area (Å²) < 4.78 is 13.0. The van der Waals surface area contributed by atoms with E-state index in [2.05, 4.69) is 0 Å². The number of benzene rings is 1. The summed E-state index contributed by atoms with van der Waals surface area (Å²) in [5, 5.41) is 8.19. The van der Waals surface area contributed by atoms with Crippen LogP contribution in [0.25, 0.3) is 0 Å². The van der Waals surface area contributed by atoms with Gasteiger partial charge in [0, 0.05) is 0 Å². The van der Waals surface area contributed by atoms with Crippen molar-refractivity contribution >= 4 is 17.5 Å². The maximum Gasteiger partial charge on any atom is 0.251 e. The van der Waals surface area contributed by atoms with E-state index in [1.54, 1.807) is 6.07 Å². The molecule has 0 saturated heterocycles. The number of carbonyl (C=O) groups excluding carboxylic acids is 1. The summed E-state index contributed by atoms with van der Waals surface area (Å²) in [6.07, 6.45) is 0. The number of halogens is 2. The van der Waals surface area contributed by atoms with Gasteiger partial charge in [0.15, 0.2) is 5.82 Å². The highest BCUT2D eigenvalue weighted by Crippen LogP contribution is 2.20. The molecule has 13 heavy (non-hydrogen) atoms. The van der Waals surface area contributed by atoms with Gasteiger partial charge in [-0.1, -0.05) is 11.6 Å². The predicted molar refractivity (Wildman–Crippen MR) is 44.6 cm³/mol. The molecule has 0 atom stereocenters. The summed E-state index contributed by atoms with van der Waals surface area (Å²) in [7, 11) is 0. The molecule has 1 aromatic carbocycles. The number of carbonyl (C=O) groups is 1. The number of nitriles is 1. The van der Waals surface area contributed by atoms with Gasteiger partial charge in [-0.15, -0.1) is 0 Å². The first-order valence-electron chi connectivity index (χ1n) is 3.25. The van der Waals surface area contributed by atoms with Crippen molar-refractivity contribution in [2.45, 2.75) is 0 Å². The first-order valence-corrected chi connectivity index (χ1v) is 3.63. The van der Waals surface area contributed by atoms with Crippen LogP contribution < -0.4 is 5.73 Å². The fourth-order valence-electron chi connectivity index (χ4n) is 0.833. The van der Waals surface area contributed by atoms with E-state index in [4.69, 9.17) is 22.6 Å². The van der Waals surface area contributed by atoms with Gasteiger partial charge in [-0.05, 0) is 12.1 Å². The molecule has 0 spiro atoms. The van der Waals surface area contributed by atoms with Gasteiger partial charge in [-0.25, -0.2) is 4.39 Å². The normalized spacial score (nSPS) is 9.31. The van der Waals surface area contributed by atoms with E-state index >= 15 is 0 Å². The highest BCUT2D eigenvalue weighted by Gasteiger charge is 2.13. The quantitative estimate of drug-likeness (QED) is 0.742. The van der Waals surface area contributed by atoms with Crippen molar-refractivity contribution in [2.24, 2.45) is 5.73 Å². The zero-order valence-electron chi connectivity index (χ0n) is 6.34. The standard InChI is InChI=1S/C8H4ClFN2O/c9-6-2-4(3-11)1-5(7(6)10)8(12)13/h1-2H,(H2,12,13). The molecule has 5 heteroatoms. The number of rotatable bonds is 1. The van der Waals surface area contributed by atoms with Gasteiger partial charge in [0.1, 0.15) is 0 Å². The number of hydrogen-bond donors (Lipinski definition) is 1. The molecule has 66 valence electrons. The van der Waals surface area contributed by atoms with E-state index in [0.717, 1.165) is 12.1 Å². The third-order valence-corrected chi connectivity index (χ3v) is 1.70. The molecule has 0 saturated carbocycles. The van der Waals surface area contributed by atoms with Crippen molar-refractivity contribution in [1.82, 2.24) is 0 Å². The van der Waals surface area contributed by atoms with E-state index in [1.807, 2.05) is 0 Å². The predicted octanol–water partition coefficient (Wildman–Crippen LogP) is 1.45. The minimum absolute atomic E-state index is 0.0974. The monoisotopic (exact) mass is 198 g/mol. The first-order chi connectivity index (χ1) is 6.06. The molecular weight excluding hydrogens is 195 g/mol. The van der Waals surface area contributed by atoms with E-state index in [-0.39, 0.29) is 16.1 Å². The number of primary amides is 1. The van der Waals surface area contributed by atoms with Crippen LogP contribution >= 0.6 is 11.6 Å². The lowest BCUT2D eigenvalue weighted by molar-refractivity contribution is 0.0996. The summed E-state index contributed by atoms with van der Waals surface area (Å²) in [5.74, 6) is -1.84. The van der Waals surface area contributed by atoms with Crippen LogP contribution in [0.3, 0.4) is 0 Å². The second-order valence-corrected chi connectivity index (χ2v) is 2.70. The Bertz CT molecular complexity index is 411. The maximum absolute atomic E-state index is 13.0. The molecule has 3 nitrogen and oxygen atoms in total. The van der Waals surface area contributed by atoms with E-state index in [9.17, 15) is 9.18 Å². The Balaban J connectivity index is 3.44. The number of amides is 1. The molecule has 0 unspecified atom stereocenters. The molecule has 1 rings (SSSR count). The zero-order chi connectivity index (χ0) is 10.0. The lowest BCUT2D eigenvalue weighted by Crippen LogP contribution is -2.13. The highest BCUT2D eigenvalue weighted by molar-refractivity contribution is 6.31. The molecule has 0 aliphatic carbocycles. The van der Waals surface area contributed by atoms with E-state index in [1.165, 1.54) is 0 Å². The molecule has 0 heterocycles. The number of nitrogens with two attached hydrogens (primary N) is 1. The number of hydrogen-bond acceptors (Lipinski definition) is 2. The van der Waals surface area contributed by atoms with Crippen molar-refractivity contribution in [1.29, 1.82) is 5.26 Å². The number of nitrogens with zero attached hydrogens (tertiary/aromatic N) is 1. The van der Waals surface area contributed by atoms with Crippen molar-refractivity contribution in [3.8, 4) is 6.07 Å². The first kappa shape index (κ1) is 9.49. The summed E-state index contributed by atoms with van der Waals surface area (Å²) in [4.78, 5) is 10.7. The highest BCUT2D eigenvalue weighted by atomic mass is 35.5. The smallest absolute Gasteiger partial charge is 0.251 e. The van der Waals surface area contributed by atoms with Gasteiger partial charge < -0.3 is 5.73 Å². The Hall–Kier alpha value is -1.60. The van der Waals surface area contributed by atoms with Gasteiger partial charge in [0.25, 0.3) is 5.91 Å². The second kappa shape index (κ2) is 3.42. The van der Waals surface area contributed by atoms with Crippen molar-refractivity contribution in [3.05, 3.63) is 34.1 Å². The summed E-state index contributed by atoms with van der Waals surface area (Å²) in [6.45, 7) is 0. The van der Waals surface area contributed by atoms with Crippen LogP contribution in [0.5, 0.6) is 0 Å². The Labute approximate surface area is 78.5 Å². The van der Waals surface area contributed by atoms with Crippen molar-refractivity contribution < 1.29 is 9.18 Å². The molecule has 0 bridgehead atoms. The van der Waals surface area contributed by atoms with E-state index < -0.39 is 11.7 Å². The average Bonchev–Trinajstić information content (AvgIpc) is 2.09. The van der Waals surface area contributed by atoms with Crippen LogP contribution in [0, 0.1) is 17.1 Å². The molecule has 0 aliphatic heterocycles. The summed E-state index contributed by atoms with van der Waals surface area (Å²) in [6, 6.07) is 3.92. The molecule has 0 aliphatic rings. The van der Waals surface area contributed by atoms with Gasteiger partial charge in [-0.3, -0.25) is 4.79 Å². The topological polar surface area (TPSA) is 66.9 Å². The van der Waals surface area contributed by atoms with Gasteiger partial charge in [-0.2, -0.15) is 5.26 Å². The van der Waals surface area contributed by atoms with Crippen molar-refractivity contribution in [2.75, 3.05) is 0 Å². The molecule has 1 amide bonds. The summed E-state index contributed by atoms with van der Waals surface area (Å²) in [5.41, 5.74) is 4.59. The molecule has 1 aromatic rings. The molecular formula is C8H4ClFN2O. The fraction of sp³-hybridized carbons (Fsp3) is 0. The lowest BCUT2D eigenvalue weighted by Gasteiger charge is -2.00. The zero-order valence-corrected chi connectivity index (χ0v) is 7.10. The molecule has 0 fully saturated rings. The molecule has 0 radical (unpaired) electrons. The Morgan fingerprint density at radius 1 is 1.62 bits per heavy atom. The second-order valence-electron chi connectivity index (χ2n) is 2.30. The lowest BCUT2D eigenvalue weighted by atomic mass is 10.1. The van der Waals surface area contributed by atoms with Crippen molar-refractivity contribution in [3.63, 3.8) is 0 Å². The van der Waals surface area contributed by atoms with Crippen LogP contribution in [0.15, 0.2) is 12.1 Å². The Morgan fingerprint density at radius 2 is 2.23 bits per heavy atom. The van der Waals surface area contributed by atoms with Crippen LogP contribution in [0.1, 0.15) is 15.9 Å². The van der Waals surface area contributed by atoms with Gasteiger partial charge in [0.05, 0.1) is 22.2 Å². The van der Waals surface area contributed by atoms with Crippen LogP contribution in [-0.2, 0) is 0 Å². The minimum Gasteiger partial charge on any atom is -0.366 e. The van der Waals surface area contributed by atoms with Crippen LogP contribution in [0.2, 0.25) is 5.02 Å². The maximum atomic E-state index is 13.0.